The average Bonchev–Trinajstić information content (AvgIpc) is 2.48. The number of hydrogen-bond acceptors (Lipinski definition) is 2. The van der Waals surface area contributed by atoms with Crippen molar-refractivity contribution in [1.82, 2.24) is 10.2 Å². The first-order chi connectivity index (χ1) is 9.65. The molecular formula is C17H27FN2. The molecule has 0 aliphatic carbocycles. The lowest BCUT2D eigenvalue weighted by Crippen LogP contribution is -2.58. The van der Waals surface area contributed by atoms with Crippen LogP contribution in [0.1, 0.15) is 39.2 Å². The maximum absolute atomic E-state index is 13.8. The van der Waals surface area contributed by atoms with E-state index in [1.54, 1.807) is 12.1 Å². The van der Waals surface area contributed by atoms with Crippen LogP contribution in [-0.2, 0) is 6.42 Å². The summed E-state index contributed by atoms with van der Waals surface area (Å²) < 4.78 is 13.8. The molecule has 1 aromatic rings. The van der Waals surface area contributed by atoms with Gasteiger partial charge in [-0.3, -0.25) is 4.90 Å². The Balaban J connectivity index is 2.05. The van der Waals surface area contributed by atoms with Crippen LogP contribution in [0.25, 0.3) is 0 Å². The van der Waals surface area contributed by atoms with E-state index >= 15 is 0 Å². The molecule has 1 fully saturated rings. The van der Waals surface area contributed by atoms with Crippen molar-refractivity contribution in [3.8, 4) is 0 Å². The van der Waals surface area contributed by atoms with Gasteiger partial charge in [0.1, 0.15) is 5.82 Å². The third kappa shape index (κ3) is 3.58. The molecule has 0 bridgehead atoms. The van der Waals surface area contributed by atoms with E-state index in [2.05, 4.69) is 31.0 Å². The summed E-state index contributed by atoms with van der Waals surface area (Å²) in [6, 6.07) is 8.68. The first kappa shape index (κ1) is 15.5. The van der Waals surface area contributed by atoms with Crippen LogP contribution >= 0.6 is 0 Å². The molecule has 1 aliphatic heterocycles. The molecule has 2 nitrogen and oxygen atoms in total. The standard InChI is InChI=1S/C17H27FN2/c1-4-15-12-20(16(5-2)11-19-15)13(3)10-14-8-6-7-9-17(14)18/h6-9,13,15-16,19H,4-5,10-12H2,1-3H3. The fraction of sp³-hybridized carbons (Fsp3) is 0.647. The Bertz CT molecular complexity index is 421. The smallest absolute Gasteiger partial charge is 0.126 e. The van der Waals surface area contributed by atoms with Gasteiger partial charge in [0.25, 0.3) is 0 Å². The van der Waals surface area contributed by atoms with E-state index in [-0.39, 0.29) is 5.82 Å². The van der Waals surface area contributed by atoms with Gasteiger partial charge in [-0.2, -0.15) is 0 Å². The summed E-state index contributed by atoms with van der Waals surface area (Å²) >= 11 is 0. The van der Waals surface area contributed by atoms with Gasteiger partial charge in [-0.15, -0.1) is 0 Å². The van der Waals surface area contributed by atoms with Crippen molar-refractivity contribution in [2.75, 3.05) is 13.1 Å². The SMILES string of the molecule is CCC1CN(C(C)Cc2ccccc2F)C(CC)CN1. The number of nitrogens with zero attached hydrogens (tertiary/aromatic N) is 1. The topological polar surface area (TPSA) is 15.3 Å². The zero-order chi connectivity index (χ0) is 14.5. The lowest BCUT2D eigenvalue weighted by Gasteiger charge is -2.43. The molecule has 3 atom stereocenters. The number of hydrogen-bond donors (Lipinski definition) is 1. The molecule has 3 unspecified atom stereocenters. The Kier molecular flexibility index (Phi) is 5.55. The van der Waals surface area contributed by atoms with Crippen LogP contribution in [0.5, 0.6) is 0 Å². The van der Waals surface area contributed by atoms with E-state index in [0.29, 0.717) is 18.1 Å². The van der Waals surface area contributed by atoms with Gasteiger partial charge in [-0.25, -0.2) is 4.39 Å². The van der Waals surface area contributed by atoms with Gasteiger partial charge in [0.15, 0.2) is 0 Å². The minimum Gasteiger partial charge on any atom is -0.311 e. The predicted molar refractivity (Wildman–Crippen MR) is 82.4 cm³/mol. The number of piperazine rings is 1. The molecule has 0 spiro atoms. The quantitative estimate of drug-likeness (QED) is 0.889. The molecule has 0 amide bonds. The molecule has 1 heterocycles. The maximum Gasteiger partial charge on any atom is 0.126 e. The van der Waals surface area contributed by atoms with Crippen molar-refractivity contribution in [3.63, 3.8) is 0 Å². The summed E-state index contributed by atoms with van der Waals surface area (Å²) in [6.07, 6.45) is 3.09. The van der Waals surface area contributed by atoms with Crippen LogP contribution < -0.4 is 5.32 Å². The highest BCUT2D eigenvalue weighted by atomic mass is 19.1. The molecule has 0 radical (unpaired) electrons. The van der Waals surface area contributed by atoms with E-state index in [4.69, 9.17) is 0 Å². The van der Waals surface area contributed by atoms with Crippen LogP contribution in [0.15, 0.2) is 24.3 Å². The first-order valence-corrected chi connectivity index (χ1v) is 7.88. The third-order valence-electron chi connectivity index (χ3n) is 4.55. The average molecular weight is 278 g/mol. The summed E-state index contributed by atoms with van der Waals surface area (Å²) in [5, 5.41) is 3.61. The van der Waals surface area contributed by atoms with Crippen molar-refractivity contribution in [2.45, 2.75) is 58.2 Å². The predicted octanol–water partition coefficient (Wildman–Crippen LogP) is 3.22. The second kappa shape index (κ2) is 7.19. The zero-order valence-electron chi connectivity index (χ0n) is 12.9. The molecule has 112 valence electrons. The number of nitrogens with one attached hydrogen (secondary N) is 1. The van der Waals surface area contributed by atoms with Gasteiger partial charge in [0.05, 0.1) is 0 Å². The zero-order valence-corrected chi connectivity index (χ0v) is 12.9. The molecule has 20 heavy (non-hydrogen) atoms. The molecule has 1 saturated heterocycles. The van der Waals surface area contributed by atoms with E-state index < -0.39 is 0 Å². The molecule has 2 rings (SSSR count). The molecule has 1 aliphatic rings. The van der Waals surface area contributed by atoms with Crippen molar-refractivity contribution in [2.24, 2.45) is 0 Å². The Labute approximate surface area is 122 Å². The van der Waals surface area contributed by atoms with Crippen LogP contribution in [0.4, 0.5) is 4.39 Å². The monoisotopic (exact) mass is 278 g/mol. The second-order valence-electron chi connectivity index (χ2n) is 5.92. The van der Waals surface area contributed by atoms with E-state index in [9.17, 15) is 4.39 Å². The highest BCUT2D eigenvalue weighted by molar-refractivity contribution is 5.18. The molecule has 0 aromatic heterocycles. The van der Waals surface area contributed by atoms with Crippen molar-refractivity contribution < 1.29 is 4.39 Å². The first-order valence-electron chi connectivity index (χ1n) is 7.88. The van der Waals surface area contributed by atoms with Crippen molar-refractivity contribution >= 4 is 0 Å². The van der Waals surface area contributed by atoms with E-state index in [1.165, 1.54) is 0 Å². The molecule has 0 saturated carbocycles. The summed E-state index contributed by atoms with van der Waals surface area (Å²) in [6.45, 7) is 8.82. The van der Waals surface area contributed by atoms with Crippen molar-refractivity contribution in [1.29, 1.82) is 0 Å². The normalized spacial score (nSPS) is 25.6. The van der Waals surface area contributed by atoms with Crippen LogP contribution in [0.3, 0.4) is 0 Å². The highest BCUT2D eigenvalue weighted by Crippen LogP contribution is 2.19. The maximum atomic E-state index is 13.8. The summed E-state index contributed by atoms with van der Waals surface area (Å²) in [5.74, 6) is -0.0745. The second-order valence-corrected chi connectivity index (χ2v) is 5.92. The van der Waals surface area contributed by atoms with Gasteiger partial charge in [-0.1, -0.05) is 32.0 Å². The summed E-state index contributed by atoms with van der Waals surface area (Å²) in [5.41, 5.74) is 0.835. The van der Waals surface area contributed by atoms with Gasteiger partial charge < -0.3 is 5.32 Å². The van der Waals surface area contributed by atoms with Gasteiger partial charge >= 0.3 is 0 Å². The number of rotatable bonds is 5. The lowest BCUT2D eigenvalue weighted by atomic mass is 9.99. The lowest BCUT2D eigenvalue weighted by molar-refractivity contribution is 0.0847. The van der Waals surface area contributed by atoms with Crippen LogP contribution in [-0.4, -0.2) is 36.1 Å². The fourth-order valence-electron chi connectivity index (χ4n) is 3.18. The van der Waals surface area contributed by atoms with Crippen LogP contribution in [0, 0.1) is 5.82 Å². The minimum atomic E-state index is -0.0745. The van der Waals surface area contributed by atoms with Crippen molar-refractivity contribution in [3.05, 3.63) is 35.6 Å². The summed E-state index contributed by atoms with van der Waals surface area (Å²) in [4.78, 5) is 2.57. The van der Waals surface area contributed by atoms with Gasteiger partial charge in [-0.05, 0) is 37.8 Å². The highest BCUT2D eigenvalue weighted by Gasteiger charge is 2.29. The largest absolute Gasteiger partial charge is 0.311 e. The molecule has 1 aromatic carbocycles. The molecule has 1 N–H and O–H groups in total. The van der Waals surface area contributed by atoms with E-state index in [1.807, 2.05) is 12.1 Å². The number of benzene rings is 1. The molecule has 3 heteroatoms. The van der Waals surface area contributed by atoms with Gasteiger partial charge in [0.2, 0.25) is 0 Å². The Morgan fingerprint density at radius 1 is 1.30 bits per heavy atom. The minimum absolute atomic E-state index is 0.0745. The Morgan fingerprint density at radius 2 is 2.05 bits per heavy atom. The number of halogens is 1. The Morgan fingerprint density at radius 3 is 2.70 bits per heavy atom. The van der Waals surface area contributed by atoms with Crippen LogP contribution in [0.2, 0.25) is 0 Å². The summed E-state index contributed by atoms with van der Waals surface area (Å²) in [7, 11) is 0. The van der Waals surface area contributed by atoms with Gasteiger partial charge in [0, 0.05) is 31.2 Å². The van der Waals surface area contributed by atoms with E-state index in [0.717, 1.165) is 37.9 Å². The Hall–Kier alpha value is -0.930. The molecular weight excluding hydrogens is 251 g/mol. The fourth-order valence-corrected chi connectivity index (χ4v) is 3.18. The third-order valence-corrected chi connectivity index (χ3v) is 4.55.